The highest BCUT2D eigenvalue weighted by Gasteiger charge is 2.32. The van der Waals surface area contributed by atoms with Gasteiger partial charge in [0, 0.05) is 24.5 Å². The van der Waals surface area contributed by atoms with Crippen LogP contribution in [-0.4, -0.2) is 43.9 Å². The topological polar surface area (TPSA) is 83.4 Å². The van der Waals surface area contributed by atoms with Gasteiger partial charge in [-0.3, -0.25) is 4.79 Å². The fraction of sp³-hybridized carbons (Fsp3) is 0.538. The maximum absolute atomic E-state index is 12.5. The fourth-order valence-corrected chi connectivity index (χ4v) is 2.59. The Morgan fingerprint density at radius 3 is 2.21 bits per heavy atom. The summed E-state index contributed by atoms with van der Waals surface area (Å²) < 4.78 is 0. The van der Waals surface area contributed by atoms with Gasteiger partial charge in [-0.25, -0.2) is 14.8 Å². The number of amides is 1. The predicted octanol–water partition coefficient (Wildman–Crippen LogP) is 1.58. The molecule has 0 aliphatic carbocycles. The van der Waals surface area contributed by atoms with Gasteiger partial charge in [-0.2, -0.15) is 0 Å². The van der Waals surface area contributed by atoms with E-state index in [-0.39, 0.29) is 29.4 Å². The minimum Gasteiger partial charge on any atom is -0.476 e. The summed E-state index contributed by atoms with van der Waals surface area (Å²) in [7, 11) is 0. The molecule has 1 fully saturated rings. The molecular formula is C13H17N3O3. The second-order valence-corrected chi connectivity index (χ2v) is 4.90. The highest BCUT2D eigenvalue weighted by molar-refractivity contribution is 6.02. The molecule has 0 unspecified atom stereocenters. The van der Waals surface area contributed by atoms with Gasteiger partial charge in [0.1, 0.15) is 0 Å². The van der Waals surface area contributed by atoms with Gasteiger partial charge < -0.3 is 10.0 Å². The summed E-state index contributed by atoms with van der Waals surface area (Å²) in [6, 6.07) is 0.194. The van der Waals surface area contributed by atoms with Gasteiger partial charge in [0.25, 0.3) is 5.91 Å². The van der Waals surface area contributed by atoms with E-state index in [2.05, 4.69) is 9.97 Å². The van der Waals surface area contributed by atoms with Gasteiger partial charge in [-0.1, -0.05) is 0 Å². The summed E-state index contributed by atoms with van der Waals surface area (Å²) in [5.41, 5.74) is -0.354. The molecule has 2 atom stereocenters. The lowest BCUT2D eigenvalue weighted by Crippen LogP contribution is -2.48. The quantitative estimate of drug-likeness (QED) is 0.875. The van der Waals surface area contributed by atoms with Crippen LogP contribution in [0.2, 0.25) is 0 Å². The first-order chi connectivity index (χ1) is 9.02. The van der Waals surface area contributed by atoms with E-state index in [9.17, 15) is 9.59 Å². The Morgan fingerprint density at radius 1 is 1.16 bits per heavy atom. The normalized spacial score (nSPS) is 23.2. The Hall–Kier alpha value is -1.98. The lowest BCUT2D eigenvalue weighted by atomic mass is 9.97. The second kappa shape index (κ2) is 5.34. The van der Waals surface area contributed by atoms with Crippen molar-refractivity contribution in [1.82, 2.24) is 14.9 Å². The number of carbonyl (C=O) groups excluding carboxylic acids is 1. The van der Waals surface area contributed by atoms with Crippen LogP contribution in [-0.2, 0) is 0 Å². The molecule has 0 spiro atoms. The van der Waals surface area contributed by atoms with Crippen LogP contribution in [0.1, 0.15) is 54.1 Å². The molecule has 1 N–H and O–H groups in total. The van der Waals surface area contributed by atoms with Gasteiger partial charge in [0.15, 0.2) is 11.4 Å². The van der Waals surface area contributed by atoms with Crippen molar-refractivity contribution in [3.63, 3.8) is 0 Å². The Labute approximate surface area is 111 Å². The van der Waals surface area contributed by atoms with Gasteiger partial charge in [-0.05, 0) is 33.1 Å². The zero-order valence-electron chi connectivity index (χ0n) is 11.0. The molecule has 1 amide bonds. The van der Waals surface area contributed by atoms with Gasteiger partial charge in [-0.15, -0.1) is 0 Å². The number of aromatic carboxylic acids is 1. The highest BCUT2D eigenvalue weighted by Crippen LogP contribution is 2.24. The summed E-state index contributed by atoms with van der Waals surface area (Å²) in [6.45, 7) is 3.95. The maximum Gasteiger partial charge on any atom is 0.356 e. The van der Waals surface area contributed by atoms with E-state index in [1.54, 1.807) is 4.90 Å². The maximum atomic E-state index is 12.5. The second-order valence-electron chi connectivity index (χ2n) is 4.90. The molecule has 0 bridgehead atoms. The Bertz CT molecular complexity index is 494. The van der Waals surface area contributed by atoms with Crippen LogP contribution in [0.25, 0.3) is 0 Å². The van der Waals surface area contributed by atoms with Crippen molar-refractivity contribution in [2.45, 2.75) is 45.2 Å². The van der Waals surface area contributed by atoms with Crippen LogP contribution < -0.4 is 0 Å². The summed E-state index contributed by atoms with van der Waals surface area (Å²) >= 11 is 0. The number of aromatic nitrogens is 2. The molecule has 102 valence electrons. The van der Waals surface area contributed by atoms with Crippen LogP contribution in [0.3, 0.4) is 0 Å². The van der Waals surface area contributed by atoms with Crippen molar-refractivity contribution < 1.29 is 14.7 Å². The van der Waals surface area contributed by atoms with E-state index in [1.165, 1.54) is 12.4 Å². The predicted molar refractivity (Wildman–Crippen MR) is 67.9 cm³/mol. The number of carboxylic acids is 1. The lowest BCUT2D eigenvalue weighted by molar-refractivity contribution is 0.0493. The first-order valence-corrected chi connectivity index (χ1v) is 6.39. The summed E-state index contributed by atoms with van der Waals surface area (Å²) in [6.07, 6.45) is 5.57. The van der Waals surface area contributed by atoms with Crippen molar-refractivity contribution in [3.8, 4) is 0 Å². The number of piperidine rings is 1. The highest BCUT2D eigenvalue weighted by atomic mass is 16.4. The van der Waals surface area contributed by atoms with Crippen molar-refractivity contribution >= 4 is 11.9 Å². The number of nitrogens with zero attached hydrogens (tertiary/aromatic N) is 3. The molecule has 0 radical (unpaired) electrons. The monoisotopic (exact) mass is 263 g/mol. The summed E-state index contributed by atoms with van der Waals surface area (Å²) in [4.78, 5) is 33.0. The molecule has 1 saturated heterocycles. The molecule has 1 aliphatic rings. The van der Waals surface area contributed by atoms with Crippen molar-refractivity contribution in [1.29, 1.82) is 0 Å². The molecule has 0 aromatic carbocycles. The molecule has 2 rings (SSSR count). The summed E-state index contributed by atoms with van der Waals surface area (Å²) in [5, 5.41) is 9.07. The van der Waals surface area contributed by atoms with E-state index in [1.807, 2.05) is 13.8 Å². The third kappa shape index (κ3) is 2.57. The van der Waals surface area contributed by atoms with E-state index in [0.29, 0.717) is 0 Å². The fourth-order valence-electron chi connectivity index (χ4n) is 2.59. The molecule has 0 saturated carbocycles. The van der Waals surface area contributed by atoms with Crippen molar-refractivity contribution in [2.75, 3.05) is 0 Å². The van der Waals surface area contributed by atoms with Crippen LogP contribution in [0.5, 0.6) is 0 Å². The van der Waals surface area contributed by atoms with E-state index in [0.717, 1.165) is 19.3 Å². The minimum atomic E-state index is -1.23. The average Bonchev–Trinajstić information content (AvgIpc) is 2.38. The smallest absolute Gasteiger partial charge is 0.356 e. The molecular weight excluding hydrogens is 246 g/mol. The van der Waals surface area contributed by atoms with Crippen LogP contribution in [0.15, 0.2) is 12.4 Å². The van der Waals surface area contributed by atoms with Crippen molar-refractivity contribution in [3.05, 3.63) is 23.8 Å². The molecule has 1 aromatic rings. The molecule has 6 heteroatoms. The molecule has 6 nitrogen and oxygen atoms in total. The van der Waals surface area contributed by atoms with Crippen LogP contribution in [0, 0.1) is 0 Å². The first-order valence-electron chi connectivity index (χ1n) is 6.39. The number of carboxylic acid groups (broad SMARTS) is 1. The number of hydrogen-bond donors (Lipinski definition) is 1. The number of carbonyl (C=O) groups is 2. The Balaban J connectivity index is 2.36. The standard InChI is InChI=1S/C13H17N3O3/c1-8-4-3-5-9(2)16(8)12(17)10-11(13(18)19)15-7-6-14-10/h6-9H,3-5H2,1-2H3,(H,18,19)/t8-,9+. The van der Waals surface area contributed by atoms with E-state index < -0.39 is 5.97 Å². The third-order valence-electron chi connectivity index (χ3n) is 3.53. The number of rotatable bonds is 2. The van der Waals surface area contributed by atoms with Gasteiger partial charge in [0.2, 0.25) is 0 Å². The van der Waals surface area contributed by atoms with Crippen LogP contribution in [0.4, 0.5) is 0 Å². The minimum absolute atomic E-state index is 0.0735. The van der Waals surface area contributed by atoms with Crippen LogP contribution >= 0.6 is 0 Å². The van der Waals surface area contributed by atoms with Crippen molar-refractivity contribution in [2.24, 2.45) is 0 Å². The number of likely N-dealkylation sites (tertiary alicyclic amines) is 1. The average molecular weight is 263 g/mol. The van der Waals surface area contributed by atoms with E-state index >= 15 is 0 Å². The zero-order chi connectivity index (χ0) is 14.0. The summed E-state index contributed by atoms with van der Waals surface area (Å²) in [5.74, 6) is -1.57. The molecule has 2 heterocycles. The van der Waals surface area contributed by atoms with Gasteiger partial charge in [0.05, 0.1) is 0 Å². The SMILES string of the molecule is C[C@@H]1CCC[C@H](C)N1C(=O)c1nccnc1C(=O)O. The largest absolute Gasteiger partial charge is 0.476 e. The van der Waals surface area contributed by atoms with Gasteiger partial charge >= 0.3 is 5.97 Å². The zero-order valence-corrected chi connectivity index (χ0v) is 11.0. The molecule has 1 aliphatic heterocycles. The lowest BCUT2D eigenvalue weighted by Gasteiger charge is -2.38. The Kier molecular flexibility index (Phi) is 3.78. The Morgan fingerprint density at radius 2 is 1.68 bits per heavy atom. The molecule has 1 aromatic heterocycles. The van der Waals surface area contributed by atoms with E-state index in [4.69, 9.17) is 5.11 Å². The number of hydrogen-bond acceptors (Lipinski definition) is 4. The first kappa shape index (κ1) is 13.5. The third-order valence-corrected chi connectivity index (χ3v) is 3.53. The molecule has 19 heavy (non-hydrogen) atoms.